The largest absolute Gasteiger partial charge is 0.351 e. The van der Waals surface area contributed by atoms with Gasteiger partial charge in [0.25, 0.3) is 0 Å². The van der Waals surface area contributed by atoms with Gasteiger partial charge >= 0.3 is 0 Å². The van der Waals surface area contributed by atoms with E-state index in [2.05, 4.69) is 40.5 Å². The van der Waals surface area contributed by atoms with Crippen LogP contribution in [0.2, 0.25) is 0 Å². The fraction of sp³-hybridized carbons (Fsp3) is 0.350. The Kier molecular flexibility index (Phi) is 3.33. The summed E-state index contributed by atoms with van der Waals surface area (Å²) in [4.78, 5) is 9.40. The first-order valence-corrected chi connectivity index (χ1v) is 9.05. The summed E-state index contributed by atoms with van der Waals surface area (Å²) >= 11 is 0. The molecule has 5 rings (SSSR count). The van der Waals surface area contributed by atoms with Crippen molar-refractivity contribution in [1.82, 2.24) is 19.6 Å². The zero-order valence-electron chi connectivity index (χ0n) is 14.3. The zero-order chi connectivity index (χ0) is 16.8. The van der Waals surface area contributed by atoms with Crippen molar-refractivity contribution in [2.45, 2.75) is 38.6 Å². The number of rotatable bonds is 4. The topological polar surface area (TPSA) is 55.1 Å². The highest BCUT2D eigenvalue weighted by Gasteiger charge is 2.28. The van der Waals surface area contributed by atoms with E-state index in [0.717, 1.165) is 41.5 Å². The Morgan fingerprint density at radius 2 is 2.24 bits per heavy atom. The second-order valence-corrected chi connectivity index (χ2v) is 7.10. The molecule has 0 radical (unpaired) electrons. The van der Waals surface area contributed by atoms with E-state index in [1.807, 2.05) is 29.2 Å². The predicted octanol–water partition coefficient (Wildman–Crippen LogP) is 4.20. The lowest BCUT2D eigenvalue weighted by Crippen LogP contribution is -2.20. The van der Waals surface area contributed by atoms with Gasteiger partial charge in [-0.15, -0.1) is 0 Å². The molecular weight excluding hydrogens is 310 g/mol. The van der Waals surface area contributed by atoms with Crippen LogP contribution < -0.4 is 5.32 Å². The van der Waals surface area contributed by atoms with Gasteiger partial charge in [0.05, 0.1) is 11.2 Å². The van der Waals surface area contributed by atoms with Gasteiger partial charge in [0.15, 0.2) is 0 Å². The standard InChI is InChI=1S/C20H21N5.2H2/c1-13(14-5-6-14)23-20-21-12-18-17(3-2-4-19(18)24-20)15-8-10-25-16(11-15)7-9-22-25;;/h3,7-14H,2,4-6H2,1H3,(H,21,23,24);2*1H/t13-;;/m1../s1. The number of nitrogens with zero attached hydrogens (tertiary/aromatic N) is 4. The normalized spacial score (nSPS) is 17.9. The number of nitrogens with one attached hydrogen (secondary N) is 1. The molecule has 5 heteroatoms. The van der Waals surface area contributed by atoms with Gasteiger partial charge in [0.1, 0.15) is 0 Å². The van der Waals surface area contributed by atoms with Crippen molar-refractivity contribution in [2.24, 2.45) is 5.92 Å². The average molecular weight is 335 g/mol. The Labute approximate surface area is 149 Å². The Hall–Kier alpha value is -2.69. The van der Waals surface area contributed by atoms with Gasteiger partial charge in [0, 0.05) is 33.0 Å². The van der Waals surface area contributed by atoms with Crippen LogP contribution in [0.4, 0.5) is 5.95 Å². The van der Waals surface area contributed by atoms with E-state index in [4.69, 9.17) is 4.98 Å². The molecule has 1 N–H and O–H groups in total. The SMILES string of the molecule is C[C@@H](Nc1ncc2c(n1)CCC=C2c1ccn2nccc2c1)C1CC1.[HH].[HH]. The van der Waals surface area contributed by atoms with Crippen molar-refractivity contribution < 1.29 is 2.85 Å². The van der Waals surface area contributed by atoms with Crippen LogP contribution in [0, 0.1) is 5.92 Å². The maximum atomic E-state index is 4.81. The van der Waals surface area contributed by atoms with Crippen LogP contribution in [0.5, 0.6) is 0 Å². The summed E-state index contributed by atoms with van der Waals surface area (Å²) in [5.41, 5.74) is 5.82. The summed E-state index contributed by atoms with van der Waals surface area (Å²) in [6, 6.07) is 6.77. The number of aryl methyl sites for hydroxylation is 1. The highest BCUT2D eigenvalue weighted by atomic mass is 15.2. The molecule has 25 heavy (non-hydrogen) atoms. The van der Waals surface area contributed by atoms with Crippen molar-refractivity contribution in [1.29, 1.82) is 0 Å². The van der Waals surface area contributed by atoms with Crippen LogP contribution in [0.25, 0.3) is 11.1 Å². The molecule has 130 valence electrons. The van der Waals surface area contributed by atoms with Gasteiger partial charge in [-0.25, -0.2) is 14.5 Å². The van der Waals surface area contributed by atoms with Gasteiger partial charge in [-0.1, -0.05) is 6.08 Å². The molecule has 3 aromatic heterocycles. The molecule has 1 saturated carbocycles. The maximum Gasteiger partial charge on any atom is 0.223 e. The molecule has 0 amide bonds. The number of aromatic nitrogens is 4. The second kappa shape index (κ2) is 5.69. The third-order valence-corrected chi connectivity index (χ3v) is 5.28. The van der Waals surface area contributed by atoms with Crippen LogP contribution in [-0.4, -0.2) is 25.6 Å². The molecule has 0 unspecified atom stereocenters. The summed E-state index contributed by atoms with van der Waals surface area (Å²) in [7, 11) is 0. The molecular formula is C20H25N5. The van der Waals surface area contributed by atoms with E-state index in [9.17, 15) is 0 Å². The van der Waals surface area contributed by atoms with Gasteiger partial charge in [-0.05, 0) is 67.9 Å². The summed E-state index contributed by atoms with van der Waals surface area (Å²) in [5.74, 6) is 1.56. The first kappa shape index (κ1) is 14.6. The van der Waals surface area contributed by atoms with Crippen LogP contribution >= 0.6 is 0 Å². The molecule has 1 fully saturated rings. The molecule has 1 atom stereocenters. The van der Waals surface area contributed by atoms with Crippen molar-refractivity contribution in [2.75, 3.05) is 5.32 Å². The third-order valence-electron chi connectivity index (χ3n) is 5.28. The molecule has 0 aromatic carbocycles. The summed E-state index contributed by atoms with van der Waals surface area (Å²) in [5, 5.41) is 7.75. The van der Waals surface area contributed by atoms with Crippen molar-refractivity contribution in [3.63, 3.8) is 0 Å². The van der Waals surface area contributed by atoms with E-state index < -0.39 is 0 Å². The van der Waals surface area contributed by atoms with E-state index in [0.29, 0.717) is 6.04 Å². The molecule has 2 aliphatic carbocycles. The van der Waals surface area contributed by atoms with E-state index in [1.54, 1.807) is 0 Å². The average Bonchev–Trinajstić information content (AvgIpc) is 3.39. The van der Waals surface area contributed by atoms with Gasteiger partial charge < -0.3 is 5.32 Å². The van der Waals surface area contributed by atoms with E-state index in [1.165, 1.54) is 24.0 Å². The van der Waals surface area contributed by atoms with Gasteiger partial charge in [0.2, 0.25) is 5.95 Å². The molecule has 0 aliphatic heterocycles. The lowest BCUT2D eigenvalue weighted by Gasteiger charge is -2.19. The van der Waals surface area contributed by atoms with Crippen LogP contribution in [0.3, 0.4) is 0 Å². The Bertz CT molecular complexity index is 977. The molecule has 0 saturated heterocycles. The van der Waals surface area contributed by atoms with E-state index >= 15 is 0 Å². The Balaban J connectivity index is 0.00000105. The maximum absolute atomic E-state index is 4.81. The predicted molar refractivity (Wildman–Crippen MR) is 103 cm³/mol. The summed E-state index contributed by atoms with van der Waals surface area (Å²) in [6.07, 6.45) is 12.7. The summed E-state index contributed by atoms with van der Waals surface area (Å²) < 4.78 is 1.89. The molecule has 2 aliphatic rings. The summed E-state index contributed by atoms with van der Waals surface area (Å²) in [6.45, 7) is 2.23. The molecule has 0 spiro atoms. The monoisotopic (exact) mass is 335 g/mol. The minimum atomic E-state index is 0. The van der Waals surface area contributed by atoms with Crippen LogP contribution in [0.15, 0.2) is 42.9 Å². The minimum Gasteiger partial charge on any atom is -0.351 e. The number of hydrogen-bond acceptors (Lipinski definition) is 4. The second-order valence-electron chi connectivity index (χ2n) is 7.10. The highest BCUT2D eigenvalue weighted by molar-refractivity contribution is 5.83. The number of pyridine rings is 1. The molecule has 3 aromatic rings. The van der Waals surface area contributed by atoms with E-state index in [-0.39, 0.29) is 2.85 Å². The first-order valence-electron chi connectivity index (χ1n) is 9.05. The van der Waals surface area contributed by atoms with Crippen LogP contribution in [-0.2, 0) is 6.42 Å². The van der Waals surface area contributed by atoms with Crippen molar-refractivity contribution in [3.8, 4) is 0 Å². The first-order chi connectivity index (χ1) is 12.3. The third kappa shape index (κ3) is 2.69. The molecule has 5 nitrogen and oxygen atoms in total. The molecule has 0 bridgehead atoms. The zero-order valence-corrected chi connectivity index (χ0v) is 14.3. The fourth-order valence-corrected chi connectivity index (χ4v) is 3.65. The number of anilines is 1. The Morgan fingerprint density at radius 3 is 3.12 bits per heavy atom. The van der Waals surface area contributed by atoms with Crippen molar-refractivity contribution >= 4 is 17.0 Å². The number of hydrogen-bond donors (Lipinski definition) is 1. The quantitative estimate of drug-likeness (QED) is 0.776. The van der Waals surface area contributed by atoms with Crippen molar-refractivity contribution in [3.05, 3.63) is 59.7 Å². The van der Waals surface area contributed by atoms with Crippen LogP contribution in [0.1, 0.15) is 45.9 Å². The lowest BCUT2D eigenvalue weighted by molar-refractivity contribution is 0.684. The number of allylic oxidation sites excluding steroid dienone is 1. The lowest BCUT2D eigenvalue weighted by atomic mass is 9.91. The number of fused-ring (bicyclic) bond motifs is 2. The molecule has 3 heterocycles. The van der Waals surface area contributed by atoms with Gasteiger partial charge in [-0.2, -0.15) is 5.10 Å². The smallest absolute Gasteiger partial charge is 0.223 e. The Morgan fingerprint density at radius 1 is 1.32 bits per heavy atom. The minimum absolute atomic E-state index is 0. The fourth-order valence-electron chi connectivity index (χ4n) is 3.65. The highest BCUT2D eigenvalue weighted by Crippen LogP contribution is 2.34. The van der Waals surface area contributed by atoms with Gasteiger partial charge in [-0.3, -0.25) is 0 Å².